The minimum absolute atomic E-state index is 0.898. The molecule has 0 nitrogen and oxygen atoms in total. The first kappa shape index (κ1) is 19.1. The Morgan fingerprint density at radius 3 is 1.23 bits per heavy atom. The monoisotopic (exact) mass is 252 g/mol. The number of hydrogen-bond acceptors (Lipinski definition) is 0. The Kier molecular flexibility index (Phi) is 33.6. The first-order chi connectivity index (χ1) is 6.10. The van der Waals surface area contributed by atoms with E-state index in [9.17, 15) is 0 Å². The van der Waals surface area contributed by atoms with Crippen molar-refractivity contribution in [3.8, 4) is 0 Å². The molecule has 1 heteroatoms. The molecule has 0 heterocycles. The van der Waals surface area contributed by atoms with E-state index in [0.29, 0.717) is 0 Å². The standard InChI is InChI=1S/C6H14.C3H7Br.C3H8/c1-4-5-6(2)3;1-2-3-4;1-3-2/h6H,4-5H2,1-3H3;2-3H2,1H3;3H2,1-2H3. The predicted octanol–water partition coefficient (Wildman–Crippen LogP) is 5.65. The van der Waals surface area contributed by atoms with E-state index in [1.807, 2.05) is 0 Å². The van der Waals surface area contributed by atoms with E-state index in [1.54, 1.807) is 0 Å². The van der Waals surface area contributed by atoms with E-state index in [0.717, 1.165) is 11.2 Å². The number of hydrogen-bond donors (Lipinski definition) is 0. The third-order valence-electron chi connectivity index (χ3n) is 1.06. The molecule has 0 amide bonds. The minimum atomic E-state index is 0.898. The van der Waals surface area contributed by atoms with E-state index < -0.39 is 0 Å². The van der Waals surface area contributed by atoms with E-state index in [-0.39, 0.29) is 0 Å². The second-order valence-electron chi connectivity index (χ2n) is 3.58. The van der Waals surface area contributed by atoms with E-state index in [2.05, 4.69) is 57.5 Å². The van der Waals surface area contributed by atoms with Crippen LogP contribution in [0.25, 0.3) is 0 Å². The highest BCUT2D eigenvalue weighted by molar-refractivity contribution is 9.09. The highest BCUT2D eigenvalue weighted by Crippen LogP contribution is 2.00. The molecule has 0 aromatic carbocycles. The van der Waals surface area contributed by atoms with Crippen molar-refractivity contribution in [2.45, 2.75) is 67.2 Å². The zero-order valence-corrected chi connectivity index (χ0v) is 12.1. The van der Waals surface area contributed by atoms with Crippen LogP contribution in [-0.2, 0) is 0 Å². The Labute approximate surface area is 94.6 Å². The summed E-state index contributed by atoms with van der Waals surface area (Å²) < 4.78 is 0. The van der Waals surface area contributed by atoms with E-state index in [1.165, 1.54) is 25.7 Å². The molecule has 0 aliphatic carbocycles. The van der Waals surface area contributed by atoms with Crippen LogP contribution in [0.15, 0.2) is 0 Å². The number of rotatable bonds is 3. The molecule has 0 saturated carbocycles. The fourth-order valence-corrected chi connectivity index (χ4v) is 0.577. The minimum Gasteiger partial charge on any atom is -0.0928 e. The van der Waals surface area contributed by atoms with Crippen LogP contribution in [-0.4, -0.2) is 5.33 Å². The van der Waals surface area contributed by atoms with Crippen LogP contribution in [0.2, 0.25) is 0 Å². The molecule has 0 aromatic rings. The zero-order chi connectivity index (χ0) is 11.1. The molecule has 0 aromatic heterocycles. The van der Waals surface area contributed by atoms with Crippen molar-refractivity contribution in [2.24, 2.45) is 5.92 Å². The lowest BCUT2D eigenvalue weighted by Gasteiger charge is -1.95. The smallest absolute Gasteiger partial charge is 0.00286 e. The maximum absolute atomic E-state index is 3.25. The number of alkyl halides is 1. The van der Waals surface area contributed by atoms with Gasteiger partial charge in [-0.2, -0.15) is 0 Å². The van der Waals surface area contributed by atoms with Gasteiger partial charge in [0.05, 0.1) is 0 Å². The van der Waals surface area contributed by atoms with Crippen molar-refractivity contribution in [3.05, 3.63) is 0 Å². The van der Waals surface area contributed by atoms with Gasteiger partial charge in [0.2, 0.25) is 0 Å². The van der Waals surface area contributed by atoms with Crippen LogP contribution in [0.5, 0.6) is 0 Å². The summed E-state index contributed by atoms with van der Waals surface area (Å²) in [4.78, 5) is 0. The van der Waals surface area contributed by atoms with Crippen LogP contribution in [0.3, 0.4) is 0 Å². The van der Waals surface area contributed by atoms with Gasteiger partial charge in [-0.15, -0.1) is 0 Å². The van der Waals surface area contributed by atoms with Crippen LogP contribution in [0.1, 0.15) is 67.2 Å². The Morgan fingerprint density at radius 2 is 1.23 bits per heavy atom. The molecule has 0 fully saturated rings. The molecular weight excluding hydrogens is 224 g/mol. The van der Waals surface area contributed by atoms with Crippen molar-refractivity contribution in [3.63, 3.8) is 0 Å². The zero-order valence-electron chi connectivity index (χ0n) is 10.5. The summed E-state index contributed by atoms with van der Waals surface area (Å²) in [6.45, 7) is 13.1. The first-order valence-electron chi connectivity index (χ1n) is 5.66. The molecule has 0 spiro atoms. The number of halogens is 1. The molecule has 0 bridgehead atoms. The van der Waals surface area contributed by atoms with Crippen molar-refractivity contribution < 1.29 is 0 Å². The average Bonchev–Trinajstić information content (AvgIpc) is 2.06. The second kappa shape index (κ2) is 22.9. The topological polar surface area (TPSA) is 0 Å². The average molecular weight is 253 g/mol. The molecule has 0 rings (SSSR count). The van der Waals surface area contributed by atoms with Crippen molar-refractivity contribution in [1.82, 2.24) is 0 Å². The quantitative estimate of drug-likeness (QED) is 0.570. The maximum Gasteiger partial charge on any atom is 0.00286 e. The summed E-state index contributed by atoms with van der Waals surface area (Å²) in [5.74, 6) is 0.898. The molecule has 0 aliphatic rings. The molecule has 0 N–H and O–H groups in total. The molecule has 0 aliphatic heterocycles. The van der Waals surface area contributed by atoms with Crippen LogP contribution in [0.4, 0.5) is 0 Å². The largest absolute Gasteiger partial charge is 0.0928 e. The van der Waals surface area contributed by atoms with Crippen molar-refractivity contribution >= 4 is 15.9 Å². The lowest BCUT2D eigenvalue weighted by atomic mass is 10.1. The maximum atomic E-state index is 3.25. The van der Waals surface area contributed by atoms with E-state index >= 15 is 0 Å². The predicted molar refractivity (Wildman–Crippen MR) is 69.8 cm³/mol. The highest BCUT2D eigenvalue weighted by atomic mass is 79.9. The fourth-order valence-electron chi connectivity index (χ4n) is 0.577. The van der Waals surface area contributed by atoms with Gasteiger partial charge in [-0.25, -0.2) is 0 Å². The first-order valence-corrected chi connectivity index (χ1v) is 6.78. The Bertz CT molecular complexity index is 49.1. The van der Waals surface area contributed by atoms with Gasteiger partial charge in [-0.1, -0.05) is 76.7 Å². The fraction of sp³-hybridized carbons (Fsp3) is 1.00. The molecular formula is C12H29Br. The third-order valence-corrected chi connectivity index (χ3v) is 1.85. The molecule has 0 atom stereocenters. The molecule has 84 valence electrons. The van der Waals surface area contributed by atoms with Crippen LogP contribution in [0, 0.1) is 5.92 Å². The molecule has 0 unspecified atom stereocenters. The molecule has 0 saturated heterocycles. The summed E-state index contributed by atoms with van der Waals surface area (Å²) in [6, 6.07) is 0. The van der Waals surface area contributed by atoms with Gasteiger partial charge in [0.25, 0.3) is 0 Å². The lowest BCUT2D eigenvalue weighted by molar-refractivity contribution is 0.576. The van der Waals surface area contributed by atoms with Crippen LogP contribution < -0.4 is 0 Å². The Balaban J connectivity index is -0.000000125. The summed E-state index contributed by atoms with van der Waals surface area (Å²) in [5, 5.41) is 1.13. The van der Waals surface area contributed by atoms with Gasteiger partial charge in [-0.3, -0.25) is 0 Å². The summed E-state index contributed by atoms with van der Waals surface area (Å²) >= 11 is 3.25. The van der Waals surface area contributed by atoms with Crippen LogP contribution >= 0.6 is 15.9 Å². The van der Waals surface area contributed by atoms with Crippen molar-refractivity contribution in [2.75, 3.05) is 5.33 Å². The van der Waals surface area contributed by atoms with E-state index in [4.69, 9.17) is 0 Å². The van der Waals surface area contributed by atoms with Gasteiger partial charge in [0.15, 0.2) is 0 Å². The summed E-state index contributed by atoms with van der Waals surface area (Å²) in [5.41, 5.74) is 0. The second-order valence-corrected chi connectivity index (χ2v) is 4.37. The molecule has 0 radical (unpaired) electrons. The van der Waals surface area contributed by atoms with Gasteiger partial charge in [0.1, 0.15) is 0 Å². The van der Waals surface area contributed by atoms with Gasteiger partial charge >= 0.3 is 0 Å². The summed E-state index contributed by atoms with van der Waals surface area (Å²) in [6.07, 6.45) is 5.19. The Hall–Kier alpha value is 0.480. The highest BCUT2D eigenvalue weighted by Gasteiger charge is 1.85. The normalized spacial score (nSPS) is 8.31. The van der Waals surface area contributed by atoms with Gasteiger partial charge in [-0.05, 0) is 12.3 Å². The third kappa shape index (κ3) is 68.3. The SMILES string of the molecule is CCC.CCCBr.CCCC(C)C. The van der Waals surface area contributed by atoms with Gasteiger partial charge in [0, 0.05) is 5.33 Å². The lowest BCUT2D eigenvalue weighted by Crippen LogP contribution is -1.81. The van der Waals surface area contributed by atoms with Gasteiger partial charge < -0.3 is 0 Å². The molecule has 13 heavy (non-hydrogen) atoms. The van der Waals surface area contributed by atoms with Crippen molar-refractivity contribution in [1.29, 1.82) is 0 Å². The summed E-state index contributed by atoms with van der Waals surface area (Å²) in [7, 11) is 0. The Morgan fingerprint density at radius 1 is 0.923 bits per heavy atom.